The summed E-state index contributed by atoms with van der Waals surface area (Å²) in [5, 5.41) is 0.483. The van der Waals surface area contributed by atoms with Gasteiger partial charge in [-0.25, -0.2) is 4.79 Å². The van der Waals surface area contributed by atoms with Crippen molar-refractivity contribution in [1.29, 1.82) is 0 Å². The molecule has 1 aliphatic heterocycles. The maximum Gasteiger partial charge on any atom is 0.410 e. The first-order valence-electron chi connectivity index (χ1n) is 10.7. The molecule has 0 radical (unpaired) electrons. The van der Waals surface area contributed by atoms with Crippen LogP contribution in [-0.4, -0.2) is 42.2 Å². The Labute approximate surface area is 190 Å². The van der Waals surface area contributed by atoms with Gasteiger partial charge in [0.05, 0.1) is 5.02 Å². The van der Waals surface area contributed by atoms with E-state index in [1.165, 1.54) is 0 Å². The summed E-state index contributed by atoms with van der Waals surface area (Å²) in [4.78, 5) is 25.5. The summed E-state index contributed by atoms with van der Waals surface area (Å²) < 4.78 is 11.1. The molecular formula is C24H33ClN2O4. The molecule has 1 aliphatic rings. The van der Waals surface area contributed by atoms with Crippen LogP contribution in [0.2, 0.25) is 5.02 Å². The van der Waals surface area contributed by atoms with Gasteiger partial charge < -0.3 is 20.1 Å². The zero-order chi connectivity index (χ0) is 23.2. The normalized spacial score (nSPS) is 14.7. The predicted octanol–water partition coefficient (Wildman–Crippen LogP) is 4.98. The first-order chi connectivity index (χ1) is 14.5. The number of carbonyl (C=O) groups excluding carboxylic acids is 2. The molecule has 1 fully saturated rings. The van der Waals surface area contributed by atoms with Gasteiger partial charge in [0.15, 0.2) is 0 Å². The van der Waals surface area contributed by atoms with Crippen LogP contribution in [0.15, 0.2) is 12.1 Å². The van der Waals surface area contributed by atoms with Crippen LogP contribution in [0.3, 0.4) is 0 Å². The number of likely N-dealkylation sites (tertiary alicyclic amines) is 1. The van der Waals surface area contributed by atoms with Gasteiger partial charge in [-0.05, 0) is 63.1 Å². The van der Waals surface area contributed by atoms with Crippen molar-refractivity contribution < 1.29 is 19.1 Å². The third-order valence-electron chi connectivity index (χ3n) is 5.06. The lowest BCUT2D eigenvalue weighted by atomic mass is 9.94. The standard InChI is InChI=1S/C24H33ClN2O4/c1-16(2)19-14-18(22(26)28)15-20(21(19)25)30-13-7-6-8-17-9-11-27(12-10-17)23(29)31-24(3,4)5/h14-17H,8-13H2,1-5H3,(H2,26,28). The zero-order valence-electron chi connectivity index (χ0n) is 19.1. The van der Waals surface area contributed by atoms with Crippen molar-refractivity contribution in [1.82, 2.24) is 4.90 Å². The molecule has 0 unspecified atom stereocenters. The molecule has 0 atom stereocenters. The van der Waals surface area contributed by atoms with Crippen molar-refractivity contribution in [3.8, 4) is 17.6 Å². The molecule has 7 heteroatoms. The third kappa shape index (κ3) is 7.66. The van der Waals surface area contributed by atoms with Crippen LogP contribution in [0.25, 0.3) is 0 Å². The zero-order valence-corrected chi connectivity index (χ0v) is 19.8. The van der Waals surface area contributed by atoms with Crippen LogP contribution in [0.5, 0.6) is 5.75 Å². The fourth-order valence-corrected chi connectivity index (χ4v) is 3.70. The van der Waals surface area contributed by atoms with Crippen LogP contribution in [-0.2, 0) is 4.74 Å². The summed E-state index contributed by atoms with van der Waals surface area (Å²) in [5.74, 6) is 6.65. The minimum Gasteiger partial charge on any atom is -0.479 e. The Morgan fingerprint density at radius 3 is 2.42 bits per heavy atom. The van der Waals surface area contributed by atoms with Crippen molar-refractivity contribution >= 4 is 23.6 Å². The molecule has 0 bridgehead atoms. The number of hydrogen-bond donors (Lipinski definition) is 1. The van der Waals surface area contributed by atoms with Crippen molar-refractivity contribution in [2.24, 2.45) is 11.7 Å². The average molecular weight is 449 g/mol. The topological polar surface area (TPSA) is 81.9 Å². The van der Waals surface area contributed by atoms with Gasteiger partial charge in [0.2, 0.25) is 5.91 Å². The van der Waals surface area contributed by atoms with Gasteiger partial charge in [0, 0.05) is 25.1 Å². The van der Waals surface area contributed by atoms with Gasteiger partial charge in [0.1, 0.15) is 18.0 Å². The molecular weight excluding hydrogens is 416 g/mol. The highest BCUT2D eigenvalue weighted by molar-refractivity contribution is 6.33. The number of nitrogens with zero attached hydrogens (tertiary/aromatic N) is 1. The second-order valence-electron chi connectivity index (χ2n) is 9.15. The van der Waals surface area contributed by atoms with Crippen LogP contribution in [0.1, 0.15) is 75.7 Å². The van der Waals surface area contributed by atoms with E-state index in [2.05, 4.69) is 11.8 Å². The predicted molar refractivity (Wildman–Crippen MR) is 122 cm³/mol. The fourth-order valence-electron chi connectivity index (χ4n) is 3.31. The van der Waals surface area contributed by atoms with Crippen molar-refractivity contribution in [2.75, 3.05) is 19.7 Å². The number of rotatable bonds is 5. The van der Waals surface area contributed by atoms with Gasteiger partial charge in [0.25, 0.3) is 0 Å². The van der Waals surface area contributed by atoms with Crippen LogP contribution >= 0.6 is 11.6 Å². The van der Waals surface area contributed by atoms with Gasteiger partial charge in [-0.1, -0.05) is 37.3 Å². The summed E-state index contributed by atoms with van der Waals surface area (Å²) in [5.41, 5.74) is 6.13. The minimum atomic E-state index is -0.521. The molecule has 1 saturated heterocycles. The highest BCUT2D eigenvalue weighted by atomic mass is 35.5. The Morgan fingerprint density at radius 2 is 1.87 bits per heavy atom. The number of nitrogens with two attached hydrogens (primary N) is 1. The molecule has 1 heterocycles. The number of halogens is 1. The SMILES string of the molecule is CC(C)c1cc(C(N)=O)cc(OCC#CCC2CCN(C(=O)OC(C)(C)C)CC2)c1Cl. The first-order valence-corrected chi connectivity index (χ1v) is 11.1. The van der Waals surface area contributed by atoms with Crippen LogP contribution < -0.4 is 10.5 Å². The molecule has 1 aromatic rings. The van der Waals surface area contributed by atoms with E-state index in [4.69, 9.17) is 26.8 Å². The van der Waals surface area contributed by atoms with E-state index in [0.29, 0.717) is 35.3 Å². The van der Waals surface area contributed by atoms with Gasteiger partial charge in [-0.15, -0.1) is 0 Å². The molecule has 0 aromatic heterocycles. The molecule has 2 amide bonds. The largest absolute Gasteiger partial charge is 0.479 e. The van der Waals surface area contributed by atoms with Crippen molar-refractivity contribution in [3.05, 3.63) is 28.3 Å². The van der Waals surface area contributed by atoms with E-state index < -0.39 is 11.5 Å². The number of ether oxygens (including phenoxy) is 2. The number of benzene rings is 1. The quantitative estimate of drug-likeness (QED) is 0.644. The van der Waals surface area contributed by atoms with Gasteiger partial charge >= 0.3 is 6.09 Å². The minimum absolute atomic E-state index is 0.131. The van der Waals surface area contributed by atoms with E-state index >= 15 is 0 Å². The molecule has 0 saturated carbocycles. The molecule has 6 nitrogen and oxygen atoms in total. The Hall–Kier alpha value is -2.39. The highest BCUT2D eigenvalue weighted by Crippen LogP contribution is 2.34. The van der Waals surface area contributed by atoms with Crippen molar-refractivity contribution in [3.63, 3.8) is 0 Å². The smallest absolute Gasteiger partial charge is 0.410 e. The monoisotopic (exact) mass is 448 g/mol. The summed E-state index contributed by atoms with van der Waals surface area (Å²) in [6, 6.07) is 3.27. The number of hydrogen-bond acceptors (Lipinski definition) is 4. The number of piperidine rings is 1. The Bertz CT molecular complexity index is 857. The average Bonchev–Trinajstić information content (AvgIpc) is 2.67. The number of primary amides is 1. The second-order valence-corrected chi connectivity index (χ2v) is 9.53. The first kappa shape index (κ1) is 24.9. The maximum atomic E-state index is 12.1. The van der Waals surface area contributed by atoms with E-state index in [-0.39, 0.29) is 18.6 Å². The molecule has 2 N–H and O–H groups in total. The van der Waals surface area contributed by atoms with E-state index in [9.17, 15) is 9.59 Å². The van der Waals surface area contributed by atoms with E-state index in [1.807, 2.05) is 34.6 Å². The maximum absolute atomic E-state index is 12.1. The molecule has 31 heavy (non-hydrogen) atoms. The lowest BCUT2D eigenvalue weighted by molar-refractivity contribution is 0.0185. The Morgan fingerprint density at radius 1 is 1.23 bits per heavy atom. The lowest BCUT2D eigenvalue weighted by Crippen LogP contribution is -2.41. The fraction of sp³-hybridized carbons (Fsp3) is 0.583. The number of carbonyl (C=O) groups is 2. The van der Waals surface area contributed by atoms with E-state index in [1.54, 1.807) is 17.0 Å². The molecule has 1 aromatic carbocycles. The molecule has 0 spiro atoms. The Balaban J connectivity index is 1.85. The summed E-state index contributed by atoms with van der Waals surface area (Å²) in [7, 11) is 0. The molecule has 170 valence electrons. The molecule has 2 rings (SSSR count). The molecule has 0 aliphatic carbocycles. The third-order valence-corrected chi connectivity index (χ3v) is 5.46. The summed E-state index contributed by atoms with van der Waals surface area (Å²) in [6.07, 6.45) is 2.30. The lowest BCUT2D eigenvalue weighted by Gasteiger charge is -2.32. The van der Waals surface area contributed by atoms with E-state index in [0.717, 1.165) is 24.8 Å². The van der Waals surface area contributed by atoms with Crippen molar-refractivity contribution in [2.45, 2.75) is 65.4 Å². The highest BCUT2D eigenvalue weighted by Gasteiger charge is 2.26. The summed E-state index contributed by atoms with van der Waals surface area (Å²) >= 11 is 6.43. The second kappa shape index (κ2) is 10.8. The number of amides is 2. The van der Waals surface area contributed by atoms with Gasteiger partial charge in [-0.2, -0.15) is 0 Å². The summed E-state index contributed by atoms with van der Waals surface area (Å²) in [6.45, 7) is 11.1. The Kier molecular flexibility index (Phi) is 8.64. The van der Waals surface area contributed by atoms with Crippen LogP contribution in [0.4, 0.5) is 4.79 Å². The van der Waals surface area contributed by atoms with Gasteiger partial charge in [-0.3, -0.25) is 4.79 Å². The van der Waals surface area contributed by atoms with Crippen LogP contribution in [0, 0.1) is 17.8 Å².